The van der Waals surface area contributed by atoms with E-state index in [9.17, 15) is 18.0 Å². The molecule has 0 saturated heterocycles. The van der Waals surface area contributed by atoms with Crippen LogP contribution in [0.25, 0.3) is 0 Å². The quantitative estimate of drug-likeness (QED) is 0.179. The van der Waals surface area contributed by atoms with Gasteiger partial charge in [-0.15, -0.1) is 18.3 Å². The van der Waals surface area contributed by atoms with Crippen molar-refractivity contribution in [2.45, 2.75) is 24.8 Å². The molecule has 0 bridgehead atoms. The van der Waals surface area contributed by atoms with Crippen molar-refractivity contribution in [3.05, 3.63) is 101 Å². The second kappa shape index (κ2) is 14.6. The second-order valence-corrected chi connectivity index (χ2v) is 8.78. The highest BCUT2D eigenvalue weighted by Crippen LogP contribution is 2.26. The van der Waals surface area contributed by atoms with Crippen LogP contribution in [0.1, 0.15) is 29.4 Å². The fourth-order valence-corrected chi connectivity index (χ4v) is 3.69. The van der Waals surface area contributed by atoms with Crippen LogP contribution in [0, 0.1) is 23.4 Å². The minimum Gasteiger partial charge on any atom is -0.375 e. The molecule has 1 heterocycles. The molecule has 186 valence electrons. The molecule has 1 amide bonds. The van der Waals surface area contributed by atoms with E-state index >= 15 is 0 Å². The van der Waals surface area contributed by atoms with Crippen molar-refractivity contribution in [2.75, 3.05) is 18.2 Å². The number of nitrogens with one attached hydrogen (secondary N) is 1. The van der Waals surface area contributed by atoms with Gasteiger partial charge >= 0.3 is 0 Å². The number of benzene rings is 2. The van der Waals surface area contributed by atoms with Crippen LogP contribution in [0.5, 0.6) is 0 Å². The fourth-order valence-electron chi connectivity index (χ4n) is 2.83. The van der Waals surface area contributed by atoms with Gasteiger partial charge in [-0.1, -0.05) is 30.7 Å². The summed E-state index contributed by atoms with van der Waals surface area (Å²) in [4.78, 5) is 16.9. The maximum Gasteiger partial charge on any atom is 0.255 e. The molecule has 3 rings (SSSR count). The number of thioether (sulfide) groups is 1. The molecule has 4 nitrogen and oxygen atoms in total. The van der Waals surface area contributed by atoms with Crippen molar-refractivity contribution in [3.63, 3.8) is 0 Å². The van der Waals surface area contributed by atoms with Gasteiger partial charge in [0, 0.05) is 41.1 Å². The van der Waals surface area contributed by atoms with Gasteiger partial charge in [-0.2, -0.15) is 0 Å². The number of hydrogen-bond acceptors (Lipinski definition) is 4. The van der Waals surface area contributed by atoms with Gasteiger partial charge in [-0.25, -0.2) is 13.2 Å². The first-order valence-corrected chi connectivity index (χ1v) is 12.2. The summed E-state index contributed by atoms with van der Waals surface area (Å²) < 4.78 is 44.5. The highest BCUT2D eigenvalue weighted by Gasteiger charge is 2.14. The first-order chi connectivity index (χ1) is 16.7. The number of anilines is 1. The maximum atomic E-state index is 13.1. The van der Waals surface area contributed by atoms with E-state index in [4.69, 9.17) is 16.3 Å². The molecule has 0 aliphatic carbocycles. The standard InChI is InChI=1S/C14H9ClF3NOS.C12H17NO/c1-21-12-4-7(2-3-9(12)15)14(20)19-8-5-10(16)13(18)11(17)6-8;1-3-6-11(2)9-14-10-12-7-4-5-8-13-12/h2-6H,1H3,(H,19,20);3-5,7-8,11H,1,6,9-10H2,2H3. The highest BCUT2D eigenvalue weighted by molar-refractivity contribution is 7.98. The van der Waals surface area contributed by atoms with E-state index < -0.39 is 23.4 Å². The Balaban J connectivity index is 0.000000269. The zero-order valence-corrected chi connectivity index (χ0v) is 20.9. The summed E-state index contributed by atoms with van der Waals surface area (Å²) in [6.45, 7) is 7.22. The number of ether oxygens (including phenoxy) is 1. The number of amides is 1. The van der Waals surface area contributed by atoms with E-state index in [0.717, 1.165) is 18.7 Å². The van der Waals surface area contributed by atoms with Crippen molar-refractivity contribution < 1.29 is 22.7 Å². The second-order valence-electron chi connectivity index (χ2n) is 7.52. The number of rotatable bonds is 9. The van der Waals surface area contributed by atoms with Crippen LogP contribution in [0.3, 0.4) is 0 Å². The number of hydrogen-bond donors (Lipinski definition) is 1. The molecule has 0 radical (unpaired) electrons. The lowest BCUT2D eigenvalue weighted by atomic mass is 10.1. The number of carbonyl (C=O) groups excluding carboxylic acids is 1. The molecule has 3 aromatic rings. The van der Waals surface area contributed by atoms with E-state index in [1.165, 1.54) is 17.8 Å². The summed E-state index contributed by atoms with van der Waals surface area (Å²) in [6, 6.07) is 11.9. The van der Waals surface area contributed by atoms with Gasteiger partial charge in [0.2, 0.25) is 0 Å². The molecule has 1 N–H and O–H groups in total. The van der Waals surface area contributed by atoms with E-state index in [-0.39, 0.29) is 11.3 Å². The number of allylic oxidation sites excluding steroid dienone is 1. The molecule has 2 aromatic carbocycles. The number of nitrogens with zero attached hydrogens (tertiary/aromatic N) is 1. The molecule has 1 aromatic heterocycles. The Morgan fingerprint density at radius 1 is 1.20 bits per heavy atom. The smallest absolute Gasteiger partial charge is 0.255 e. The molecule has 0 fully saturated rings. The van der Waals surface area contributed by atoms with Crippen LogP contribution in [-0.2, 0) is 11.3 Å². The highest BCUT2D eigenvalue weighted by atomic mass is 35.5. The van der Waals surface area contributed by atoms with Gasteiger partial charge in [0.1, 0.15) is 0 Å². The van der Waals surface area contributed by atoms with Crippen molar-refractivity contribution in [3.8, 4) is 0 Å². The SMILES string of the molecule is C=CCC(C)COCc1ccccn1.CSc1cc(C(=O)Nc2cc(F)c(F)c(F)c2)ccc1Cl. The molecule has 35 heavy (non-hydrogen) atoms. The molecular weight excluding hydrogens is 497 g/mol. The average Bonchev–Trinajstić information content (AvgIpc) is 2.84. The Morgan fingerprint density at radius 2 is 1.91 bits per heavy atom. The van der Waals surface area contributed by atoms with Gasteiger partial charge in [0.05, 0.1) is 17.3 Å². The minimum atomic E-state index is -1.58. The Labute approximate surface area is 212 Å². The number of halogens is 4. The summed E-state index contributed by atoms with van der Waals surface area (Å²) in [5.41, 5.74) is 1.09. The van der Waals surface area contributed by atoms with Crippen LogP contribution in [0.4, 0.5) is 18.9 Å². The predicted octanol–water partition coefficient (Wildman–Crippen LogP) is 7.54. The summed E-state index contributed by atoms with van der Waals surface area (Å²) in [6.07, 6.45) is 6.51. The Kier molecular flexibility index (Phi) is 11.8. The van der Waals surface area contributed by atoms with Crippen LogP contribution < -0.4 is 5.32 Å². The first kappa shape index (κ1) is 28.4. The number of carbonyl (C=O) groups is 1. The third-order valence-corrected chi connectivity index (χ3v) is 5.82. The number of pyridine rings is 1. The third kappa shape index (κ3) is 9.39. The molecule has 1 atom stereocenters. The molecule has 0 aliphatic heterocycles. The third-order valence-electron chi connectivity index (χ3n) is 4.60. The molecule has 1 unspecified atom stereocenters. The molecular formula is C26H26ClF3N2O2S. The Morgan fingerprint density at radius 3 is 2.51 bits per heavy atom. The minimum absolute atomic E-state index is 0.169. The van der Waals surface area contributed by atoms with Gasteiger partial charge < -0.3 is 10.1 Å². The Hall–Kier alpha value is -2.81. The molecule has 0 saturated carbocycles. The van der Waals surface area contributed by atoms with E-state index in [0.29, 0.717) is 34.6 Å². The van der Waals surface area contributed by atoms with Crippen LogP contribution in [0.2, 0.25) is 5.02 Å². The number of aromatic nitrogens is 1. The lowest BCUT2D eigenvalue weighted by Gasteiger charge is -2.08. The van der Waals surface area contributed by atoms with Crippen molar-refractivity contribution in [1.29, 1.82) is 0 Å². The maximum absolute atomic E-state index is 13.1. The van der Waals surface area contributed by atoms with E-state index in [1.54, 1.807) is 24.6 Å². The average molecular weight is 523 g/mol. The van der Waals surface area contributed by atoms with E-state index in [2.05, 4.69) is 23.8 Å². The van der Waals surface area contributed by atoms with Gasteiger partial charge in [-0.3, -0.25) is 9.78 Å². The summed E-state index contributed by atoms with van der Waals surface area (Å²) in [5.74, 6) is -4.36. The molecule has 0 aliphatic rings. The van der Waals surface area contributed by atoms with Crippen molar-refractivity contribution in [2.24, 2.45) is 5.92 Å². The summed E-state index contributed by atoms with van der Waals surface area (Å²) >= 11 is 7.29. The van der Waals surface area contributed by atoms with Gasteiger partial charge in [0.25, 0.3) is 5.91 Å². The van der Waals surface area contributed by atoms with Crippen molar-refractivity contribution >= 4 is 35.0 Å². The van der Waals surface area contributed by atoms with Gasteiger partial charge in [0.15, 0.2) is 17.5 Å². The monoisotopic (exact) mass is 522 g/mol. The zero-order chi connectivity index (χ0) is 25.8. The largest absolute Gasteiger partial charge is 0.375 e. The summed E-state index contributed by atoms with van der Waals surface area (Å²) in [7, 11) is 0. The lowest BCUT2D eigenvalue weighted by Crippen LogP contribution is -2.12. The summed E-state index contributed by atoms with van der Waals surface area (Å²) in [5, 5.41) is 2.80. The van der Waals surface area contributed by atoms with Crippen LogP contribution in [0.15, 0.2) is 72.3 Å². The van der Waals surface area contributed by atoms with Crippen LogP contribution in [-0.4, -0.2) is 23.8 Å². The molecule has 0 spiro atoms. The Bertz CT molecular complexity index is 1110. The van der Waals surface area contributed by atoms with Crippen molar-refractivity contribution in [1.82, 2.24) is 4.98 Å². The van der Waals surface area contributed by atoms with Gasteiger partial charge in [-0.05, 0) is 48.9 Å². The lowest BCUT2D eigenvalue weighted by molar-refractivity contribution is 0.0907. The van der Waals surface area contributed by atoms with Crippen LogP contribution >= 0.6 is 23.4 Å². The fraction of sp³-hybridized carbons (Fsp3) is 0.231. The van der Waals surface area contributed by atoms with E-state index in [1.807, 2.05) is 24.3 Å². The zero-order valence-electron chi connectivity index (χ0n) is 19.4. The normalized spacial score (nSPS) is 11.3. The molecule has 9 heteroatoms. The topological polar surface area (TPSA) is 51.2 Å². The predicted molar refractivity (Wildman–Crippen MR) is 135 cm³/mol. The first-order valence-electron chi connectivity index (χ1n) is 10.6.